The fourth-order valence-corrected chi connectivity index (χ4v) is 13.2. The van der Waals surface area contributed by atoms with Crippen molar-refractivity contribution in [3.05, 3.63) is 95.1 Å². The van der Waals surface area contributed by atoms with Gasteiger partial charge in [-0.25, -0.2) is 0 Å². The van der Waals surface area contributed by atoms with Crippen LogP contribution >= 0.6 is 0 Å². The van der Waals surface area contributed by atoms with Gasteiger partial charge in [-0.15, -0.1) is 0 Å². The Morgan fingerprint density at radius 3 is 1.61 bits per heavy atom. The maximum Gasteiger partial charge on any atom is 0.126 e. The summed E-state index contributed by atoms with van der Waals surface area (Å²) < 4.78 is 0. The van der Waals surface area contributed by atoms with Gasteiger partial charge in [0, 0.05) is 11.1 Å². The summed E-state index contributed by atoms with van der Waals surface area (Å²) in [6.07, 6.45) is 36.9. The molecule has 6 fully saturated rings. The zero-order valence-electron chi connectivity index (χ0n) is 29.2. The molecule has 10 atom stereocenters. The van der Waals surface area contributed by atoms with E-state index >= 15 is 0 Å². The molecule has 0 amide bonds. The highest BCUT2D eigenvalue weighted by Crippen LogP contribution is 2.62. The lowest BCUT2D eigenvalue weighted by atomic mass is 9.65. The van der Waals surface area contributed by atoms with E-state index in [1.165, 1.54) is 93.7 Å². The molecule has 2 nitrogen and oxygen atoms in total. The zero-order valence-corrected chi connectivity index (χ0v) is 29.2. The number of hydrogen-bond acceptors (Lipinski definition) is 2. The molecule has 2 aromatic rings. The van der Waals surface area contributed by atoms with E-state index in [0.717, 1.165) is 94.4 Å². The standard InChI is InChI=1S/C47H54O2/c48-46-42(28-8-4-1-2-5-9-28)24-36(26-44(46)34-16-18-38-30-12-14-32(20-30)40(38)22-34)37-25-43(29-10-6-3-7-11-29)47(49)45(27-37)35-17-19-39-31-13-15-33(21-31)41(39)23-35/h1,4-6,8-11,24-27,30-35,38-41,48-49H,2-3,7,12-23H2. The van der Waals surface area contributed by atoms with Gasteiger partial charge in [0.25, 0.3) is 0 Å². The predicted octanol–water partition coefficient (Wildman–Crippen LogP) is 12.3. The SMILES string of the molecule is Oc1c(C2=CC=CCC=C2)cc(-c2cc(C3=CCCC=C3)c(O)c(C3CCC4C5CCC(C5)C4C3)c2)cc1C1CCC2C3CCC(C3)C2C1. The van der Waals surface area contributed by atoms with Crippen LogP contribution in [-0.4, -0.2) is 10.2 Å². The molecule has 0 aromatic heterocycles. The number of phenolic OH excluding ortho intramolecular Hbond substituents is 2. The van der Waals surface area contributed by atoms with Gasteiger partial charge in [0.15, 0.2) is 0 Å². The van der Waals surface area contributed by atoms with Crippen LogP contribution in [0.25, 0.3) is 22.3 Å². The van der Waals surface area contributed by atoms with Gasteiger partial charge in [-0.1, -0.05) is 48.6 Å². The molecule has 10 rings (SSSR count). The zero-order chi connectivity index (χ0) is 32.6. The van der Waals surface area contributed by atoms with Gasteiger partial charge in [-0.05, 0) is 213 Å². The predicted molar refractivity (Wildman–Crippen MR) is 201 cm³/mol. The fourth-order valence-electron chi connectivity index (χ4n) is 13.2. The summed E-state index contributed by atoms with van der Waals surface area (Å²) in [6, 6.07) is 9.27. The fraction of sp³-hybridized carbons (Fsp3) is 0.532. The van der Waals surface area contributed by atoms with E-state index < -0.39 is 0 Å². The molecule has 0 heterocycles. The highest BCUT2D eigenvalue weighted by atomic mass is 16.3. The molecule has 2 heteroatoms. The van der Waals surface area contributed by atoms with Crippen molar-refractivity contribution in [3.8, 4) is 22.6 Å². The lowest BCUT2D eigenvalue weighted by molar-refractivity contribution is 0.143. The van der Waals surface area contributed by atoms with Gasteiger partial charge in [-0.2, -0.15) is 0 Å². The van der Waals surface area contributed by atoms with Crippen molar-refractivity contribution >= 4 is 11.1 Å². The van der Waals surface area contributed by atoms with Crippen LogP contribution in [0.2, 0.25) is 0 Å². The Kier molecular flexibility index (Phi) is 7.61. The Hall–Kier alpha value is -3.26. The number of fused-ring (bicyclic) bond motifs is 10. The van der Waals surface area contributed by atoms with Crippen LogP contribution < -0.4 is 0 Å². The van der Waals surface area contributed by atoms with Gasteiger partial charge in [0.1, 0.15) is 11.5 Å². The average molecular weight is 651 g/mol. The van der Waals surface area contributed by atoms with Crippen molar-refractivity contribution in [2.45, 2.75) is 108 Å². The number of hydrogen-bond donors (Lipinski definition) is 2. The molecular formula is C47H54O2. The van der Waals surface area contributed by atoms with E-state index in [9.17, 15) is 10.2 Å². The highest BCUT2D eigenvalue weighted by molar-refractivity contribution is 5.87. The summed E-state index contributed by atoms with van der Waals surface area (Å²) in [6.45, 7) is 0. The molecule has 0 spiro atoms. The van der Waals surface area contributed by atoms with Gasteiger partial charge >= 0.3 is 0 Å². The van der Waals surface area contributed by atoms with Crippen molar-refractivity contribution in [1.29, 1.82) is 0 Å². The molecule has 254 valence electrons. The van der Waals surface area contributed by atoms with Gasteiger partial charge in [0.05, 0.1) is 0 Å². The van der Waals surface area contributed by atoms with Crippen LogP contribution in [0.1, 0.15) is 130 Å². The second-order valence-corrected chi connectivity index (χ2v) is 17.6. The Bertz CT molecular complexity index is 1800. The van der Waals surface area contributed by atoms with E-state index in [0.29, 0.717) is 23.3 Å². The molecule has 8 aliphatic rings. The molecular weight excluding hydrogens is 597 g/mol. The first-order valence-corrected chi connectivity index (χ1v) is 20.2. The number of allylic oxidation sites excluding steroid dienone is 10. The second-order valence-electron chi connectivity index (χ2n) is 17.6. The minimum atomic E-state index is 0.401. The first kappa shape index (κ1) is 30.6. The van der Waals surface area contributed by atoms with Crippen molar-refractivity contribution in [2.75, 3.05) is 0 Å². The van der Waals surface area contributed by atoms with Crippen LogP contribution in [0, 0.1) is 47.3 Å². The number of benzene rings is 2. The molecule has 8 aliphatic carbocycles. The normalized spacial score (nSPS) is 37.1. The summed E-state index contributed by atoms with van der Waals surface area (Å²) >= 11 is 0. The Labute approximate surface area is 293 Å². The second kappa shape index (κ2) is 12.2. The molecule has 10 unspecified atom stereocenters. The Balaban J connectivity index is 1.09. The summed E-state index contributed by atoms with van der Waals surface area (Å²) in [5, 5.41) is 24.3. The van der Waals surface area contributed by atoms with Crippen LogP contribution in [0.5, 0.6) is 11.5 Å². The van der Waals surface area contributed by atoms with Gasteiger partial charge < -0.3 is 10.2 Å². The van der Waals surface area contributed by atoms with E-state index in [1.807, 2.05) is 0 Å². The van der Waals surface area contributed by atoms with Crippen molar-refractivity contribution in [1.82, 2.24) is 0 Å². The van der Waals surface area contributed by atoms with Crippen LogP contribution in [-0.2, 0) is 0 Å². The maximum absolute atomic E-state index is 12.2. The van der Waals surface area contributed by atoms with Crippen LogP contribution in [0.15, 0.2) is 72.9 Å². The van der Waals surface area contributed by atoms with E-state index in [2.05, 4.69) is 72.9 Å². The lowest BCUT2D eigenvalue weighted by Gasteiger charge is -2.40. The van der Waals surface area contributed by atoms with E-state index in [4.69, 9.17) is 0 Å². The lowest BCUT2D eigenvalue weighted by Crippen LogP contribution is -2.29. The molecule has 0 radical (unpaired) electrons. The third-order valence-electron chi connectivity index (χ3n) is 15.4. The van der Waals surface area contributed by atoms with Crippen molar-refractivity contribution < 1.29 is 10.2 Å². The van der Waals surface area contributed by atoms with Crippen molar-refractivity contribution in [2.24, 2.45) is 47.3 Å². The average Bonchev–Trinajstić information content (AvgIpc) is 3.92. The largest absolute Gasteiger partial charge is 0.507 e. The first-order valence-electron chi connectivity index (χ1n) is 20.2. The first-order chi connectivity index (χ1) is 24.1. The number of rotatable bonds is 5. The van der Waals surface area contributed by atoms with Gasteiger partial charge in [-0.3, -0.25) is 0 Å². The molecule has 2 N–H and O–H groups in total. The molecule has 0 aliphatic heterocycles. The smallest absolute Gasteiger partial charge is 0.126 e. The summed E-state index contributed by atoms with van der Waals surface area (Å²) in [5.41, 5.74) is 8.92. The Morgan fingerprint density at radius 2 is 1.04 bits per heavy atom. The molecule has 0 saturated heterocycles. The summed E-state index contributed by atoms with van der Waals surface area (Å²) in [7, 11) is 0. The highest BCUT2D eigenvalue weighted by Gasteiger charge is 2.51. The third kappa shape index (κ3) is 5.17. The molecule has 2 aromatic carbocycles. The quantitative estimate of drug-likeness (QED) is 0.338. The summed E-state index contributed by atoms with van der Waals surface area (Å²) in [4.78, 5) is 0. The van der Waals surface area contributed by atoms with E-state index in [1.54, 1.807) is 0 Å². The molecule has 4 bridgehead atoms. The molecule has 49 heavy (non-hydrogen) atoms. The summed E-state index contributed by atoms with van der Waals surface area (Å²) in [5.74, 6) is 9.09. The van der Waals surface area contributed by atoms with Crippen LogP contribution in [0.4, 0.5) is 0 Å². The minimum Gasteiger partial charge on any atom is -0.507 e. The van der Waals surface area contributed by atoms with Gasteiger partial charge in [0.2, 0.25) is 0 Å². The Morgan fingerprint density at radius 1 is 0.490 bits per heavy atom. The van der Waals surface area contributed by atoms with Crippen LogP contribution in [0.3, 0.4) is 0 Å². The van der Waals surface area contributed by atoms with Crippen molar-refractivity contribution in [3.63, 3.8) is 0 Å². The monoisotopic (exact) mass is 650 g/mol. The third-order valence-corrected chi connectivity index (χ3v) is 15.4. The minimum absolute atomic E-state index is 0.401. The van der Waals surface area contributed by atoms with E-state index in [-0.39, 0.29) is 0 Å². The topological polar surface area (TPSA) is 40.5 Å². The maximum atomic E-state index is 12.2. The number of aromatic hydroxyl groups is 2. The number of phenols is 2. The molecule has 6 saturated carbocycles.